The van der Waals surface area contributed by atoms with Gasteiger partial charge in [-0.2, -0.15) is 0 Å². The van der Waals surface area contributed by atoms with E-state index in [-0.39, 0.29) is 6.61 Å². The zero-order valence-electron chi connectivity index (χ0n) is 4.28. The molecule has 2 N–H and O–H groups in total. The van der Waals surface area contributed by atoms with Crippen LogP contribution in [0.25, 0.3) is 0 Å². The van der Waals surface area contributed by atoms with Gasteiger partial charge in [0.05, 0.1) is 0 Å². The third-order valence-electron chi connectivity index (χ3n) is 0.637. The molecule has 1 unspecified atom stereocenters. The molecule has 0 aromatic heterocycles. The number of rotatable bonds is 4. The molecule has 0 aliphatic carbocycles. The monoisotopic (exact) mass is 120 g/mol. The van der Waals surface area contributed by atoms with Crippen LogP contribution in [0.1, 0.15) is 0 Å². The third-order valence-corrected chi connectivity index (χ3v) is 0.637. The van der Waals surface area contributed by atoms with Gasteiger partial charge in [0, 0.05) is 0 Å². The molecule has 0 aromatic carbocycles. The minimum absolute atomic E-state index is 0.111. The molecule has 0 amide bonds. The summed E-state index contributed by atoms with van der Waals surface area (Å²) in [6.45, 7) is 3.16. The van der Waals surface area contributed by atoms with Gasteiger partial charge < -0.3 is 0 Å². The first-order chi connectivity index (χ1) is 3.85. The van der Waals surface area contributed by atoms with Crippen molar-refractivity contribution in [1.29, 1.82) is 0 Å². The molecule has 0 aliphatic rings. The molecule has 0 bridgehead atoms. The van der Waals surface area contributed by atoms with Crippen LogP contribution in [-0.2, 0) is 9.78 Å². The Labute approximate surface area is 46.8 Å². The standard InChI is InChI=1S/C4H8O4/c1-2-4(8-6)3-7-5/h2,4-6H,1,3H2. The van der Waals surface area contributed by atoms with Crippen LogP contribution >= 0.6 is 0 Å². The molecule has 0 radical (unpaired) electrons. The zero-order valence-corrected chi connectivity index (χ0v) is 4.28. The van der Waals surface area contributed by atoms with E-state index >= 15 is 0 Å². The van der Waals surface area contributed by atoms with Crippen molar-refractivity contribution in [2.45, 2.75) is 6.10 Å². The van der Waals surface area contributed by atoms with Gasteiger partial charge in [-0.05, 0) is 0 Å². The van der Waals surface area contributed by atoms with Crippen LogP contribution in [0.3, 0.4) is 0 Å². The van der Waals surface area contributed by atoms with Crippen molar-refractivity contribution >= 4 is 0 Å². The average Bonchev–Trinajstić information content (AvgIpc) is 1.83. The molecule has 4 heteroatoms. The molecule has 48 valence electrons. The predicted molar refractivity (Wildman–Crippen MR) is 26.3 cm³/mol. The fraction of sp³-hybridized carbons (Fsp3) is 0.500. The maximum absolute atomic E-state index is 7.89. The maximum Gasteiger partial charge on any atom is 0.137 e. The van der Waals surface area contributed by atoms with E-state index in [1.165, 1.54) is 6.08 Å². The van der Waals surface area contributed by atoms with Gasteiger partial charge in [-0.3, -0.25) is 10.5 Å². The molecule has 8 heavy (non-hydrogen) atoms. The lowest BCUT2D eigenvalue weighted by Crippen LogP contribution is -2.13. The molecule has 0 heterocycles. The summed E-state index contributed by atoms with van der Waals surface area (Å²) >= 11 is 0. The van der Waals surface area contributed by atoms with E-state index in [4.69, 9.17) is 10.5 Å². The summed E-state index contributed by atoms with van der Waals surface area (Å²) in [4.78, 5) is 7.37. The van der Waals surface area contributed by atoms with Crippen LogP contribution in [0.5, 0.6) is 0 Å². The lowest BCUT2D eigenvalue weighted by Gasteiger charge is -2.02. The van der Waals surface area contributed by atoms with E-state index in [2.05, 4.69) is 16.4 Å². The lowest BCUT2D eigenvalue weighted by molar-refractivity contribution is -0.315. The highest BCUT2D eigenvalue weighted by Crippen LogP contribution is 1.88. The van der Waals surface area contributed by atoms with Crippen molar-refractivity contribution in [1.82, 2.24) is 0 Å². The van der Waals surface area contributed by atoms with Gasteiger partial charge in [0.2, 0.25) is 0 Å². The Bertz CT molecular complexity index is 63.1. The fourth-order valence-electron chi connectivity index (χ4n) is 0.215. The fourth-order valence-corrected chi connectivity index (χ4v) is 0.215. The van der Waals surface area contributed by atoms with Crippen LogP contribution < -0.4 is 0 Å². The summed E-state index contributed by atoms with van der Waals surface area (Å²) < 4.78 is 0. The molecular formula is C4H8O4. The minimum Gasteiger partial charge on any atom is -0.252 e. The summed E-state index contributed by atoms with van der Waals surface area (Å²) in [6.07, 6.45) is 0.649. The Kier molecular flexibility index (Phi) is 4.48. The van der Waals surface area contributed by atoms with Gasteiger partial charge in [0.15, 0.2) is 0 Å². The third kappa shape index (κ3) is 2.70. The van der Waals surface area contributed by atoms with Gasteiger partial charge >= 0.3 is 0 Å². The summed E-state index contributed by atoms with van der Waals surface area (Å²) in [6, 6.07) is 0. The number of hydrogen-bond donors (Lipinski definition) is 2. The van der Waals surface area contributed by atoms with E-state index in [1.54, 1.807) is 0 Å². The first-order valence-electron chi connectivity index (χ1n) is 2.04. The molecule has 0 spiro atoms. The van der Waals surface area contributed by atoms with Gasteiger partial charge in [-0.15, -0.1) is 6.58 Å². The van der Waals surface area contributed by atoms with E-state index in [9.17, 15) is 0 Å². The summed E-state index contributed by atoms with van der Waals surface area (Å²) in [7, 11) is 0. The van der Waals surface area contributed by atoms with Gasteiger partial charge in [0.25, 0.3) is 0 Å². The molecular weight excluding hydrogens is 112 g/mol. The van der Waals surface area contributed by atoms with Crippen molar-refractivity contribution in [2.75, 3.05) is 6.61 Å². The second-order valence-corrected chi connectivity index (χ2v) is 1.18. The Morgan fingerprint density at radius 1 is 1.62 bits per heavy atom. The van der Waals surface area contributed by atoms with Crippen molar-refractivity contribution in [3.8, 4) is 0 Å². The molecule has 0 saturated heterocycles. The average molecular weight is 120 g/mol. The predicted octanol–water partition coefficient (Wildman–Crippen LogP) is 0.520. The quantitative estimate of drug-likeness (QED) is 0.322. The molecule has 0 aliphatic heterocycles. The van der Waals surface area contributed by atoms with Crippen LogP contribution in [0.4, 0.5) is 0 Å². The Morgan fingerprint density at radius 3 is 2.38 bits per heavy atom. The Balaban J connectivity index is 3.21. The van der Waals surface area contributed by atoms with Gasteiger partial charge in [0.1, 0.15) is 12.7 Å². The van der Waals surface area contributed by atoms with Crippen molar-refractivity contribution in [3.63, 3.8) is 0 Å². The van der Waals surface area contributed by atoms with Crippen molar-refractivity contribution < 1.29 is 20.3 Å². The molecule has 0 fully saturated rings. The van der Waals surface area contributed by atoms with Crippen molar-refractivity contribution in [3.05, 3.63) is 12.7 Å². The van der Waals surface area contributed by atoms with Crippen molar-refractivity contribution in [2.24, 2.45) is 0 Å². The van der Waals surface area contributed by atoms with E-state index in [0.717, 1.165) is 0 Å². The maximum atomic E-state index is 7.89. The second-order valence-electron chi connectivity index (χ2n) is 1.18. The lowest BCUT2D eigenvalue weighted by atomic mass is 10.4. The smallest absolute Gasteiger partial charge is 0.137 e. The van der Waals surface area contributed by atoms with Crippen LogP contribution in [0.2, 0.25) is 0 Å². The molecule has 1 atom stereocenters. The van der Waals surface area contributed by atoms with Crippen LogP contribution in [-0.4, -0.2) is 23.2 Å². The van der Waals surface area contributed by atoms with Crippen LogP contribution in [0.15, 0.2) is 12.7 Å². The second kappa shape index (κ2) is 4.73. The summed E-state index contributed by atoms with van der Waals surface area (Å²) in [5.74, 6) is 0. The van der Waals surface area contributed by atoms with Crippen LogP contribution in [0, 0.1) is 0 Å². The highest BCUT2D eigenvalue weighted by atomic mass is 17.1. The Morgan fingerprint density at radius 2 is 2.25 bits per heavy atom. The topological polar surface area (TPSA) is 58.9 Å². The Hall–Kier alpha value is -0.420. The summed E-state index contributed by atoms with van der Waals surface area (Å²) in [5, 5.41) is 15.7. The summed E-state index contributed by atoms with van der Waals surface area (Å²) in [5.41, 5.74) is 0. The number of hydrogen-bond acceptors (Lipinski definition) is 4. The zero-order chi connectivity index (χ0) is 6.41. The first kappa shape index (κ1) is 7.58. The van der Waals surface area contributed by atoms with E-state index in [1.807, 2.05) is 0 Å². The molecule has 0 rings (SSSR count). The van der Waals surface area contributed by atoms with Gasteiger partial charge in [-0.1, -0.05) is 6.08 Å². The molecule has 0 saturated carbocycles. The normalized spacial score (nSPS) is 13.2. The highest BCUT2D eigenvalue weighted by Gasteiger charge is 2.00. The minimum atomic E-state index is -0.653. The SMILES string of the molecule is C=CC(COO)OO. The largest absolute Gasteiger partial charge is 0.252 e. The van der Waals surface area contributed by atoms with E-state index < -0.39 is 6.10 Å². The van der Waals surface area contributed by atoms with Gasteiger partial charge in [-0.25, -0.2) is 9.78 Å². The first-order valence-corrected chi connectivity index (χ1v) is 2.04. The van der Waals surface area contributed by atoms with E-state index in [0.29, 0.717) is 0 Å². The molecule has 4 nitrogen and oxygen atoms in total. The molecule has 0 aromatic rings. The highest BCUT2D eigenvalue weighted by molar-refractivity contribution is 4.77.